The highest BCUT2D eigenvalue weighted by Crippen LogP contribution is 2.22. The van der Waals surface area contributed by atoms with Crippen LogP contribution in [0.3, 0.4) is 0 Å². The Kier molecular flexibility index (Phi) is 4.41. The molecule has 1 amide bonds. The summed E-state index contributed by atoms with van der Waals surface area (Å²) in [6, 6.07) is 4.27. The molecule has 0 aliphatic rings. The second-order valence-electron chi connectivity index (χ2n) is 3.78. The van der Waals surface area contributed by atoms with E-state index in [4.69, 9.17) is 5.73 Å². The van der Waals surface area contributed by atoms with Crippen LogP contribution < -0.4 is 11.1 Å². The van der Waals surface area contributed by atoms with Crippen molar-refractivity contribution in [3.8, 4) is 5.75 Å². The molecule has 0 atom stereocenters. The van der Waals surface area contributed by atoms with E-state index in [0.717, 1.165) is 0 Å². The predicted molar refractivity (Wildman–Crippen MR) is 59.7 cm³/mol. The molecule has 0 bridgehead atoms. The molecule has 4 N–H and O–H groups in total. The number of alkyl halides is 3. The molecule has 0 spiro atoms. The SMILES string of the molecule is Nc1ccc(O)c(CNC(=O)CCC(F)(F)F)c1. The van der Waals surface area contributed by atoms with E-state index in [1.54, 1.807) is 0 Å². The molecule has 0 aliphatic carbocycles. The Morgan fingerprint density at radius 1 is 1.39 bits per heavy atom. The van der Waals surface area contributed by atoms with E-state index in [0.29, 0.717) is 11.3 Å². The number of nitrogen functional groups attached to an aromatic ring is 1. The fraction of sp³-hybridized carbons (Fsp3) is 0.364. The van der Waals surface area contributed by atoms with Crippen molar-refractivity contribution in [2.75, 3.05) is 5.73 Å². The lowest BCUT2D eigenvalue weighted by atomic mass is 10.1. The first-order valence-corrected chi connectivity index (χ1v) is 5.19. The van der Waals surface area contributed by atoms with Crippen LogP contribution in [0.1, 0.15) is 18.4 Å². The van der Waals surface area contributed by atoms with Gasteiger partial charge in [0, 0.05) is 24.2 Å². The molecule has 7 heteroatoms. The molecule has 1 rings (SSSR count). The molecule has 0 unspecified atom stereocenters. The van der Waals surface area contributed by atoms with Gasteiger partial charge in [-0.05, 0) is 18.2 Å². The third-order valence-corrected chi connectivity index (χ3v) is 2.22. The minimum absolute atomic E-state index is 0.0619. The molecular formula is C11H13F3N2O2. The van der Waals surface area contributed by atoms with Crippen molar-refractivity contribution in [1.82, 2.24) is 5.32 Å². The number of nitrogens with two attached hydrogens (primary N) is 1. The molecule has 0 saturated carbocycles. The highest BCUT2D eigenvalue weighted by molar-refractivity contribution is 5.76. The molecule has 0 fully saturated rings. The van der Waals surface area contributed by atoms with Crippen LogP contribution in [0.5, 0.6) is 5.75 Å². The van der Waals surface area contributed by atoms with Gasteiger partial charge in [-0.1, -0.05) is 0 Å². The first kappa shape index (κ1) is 14.1. The molecule has 1 aromatic rings. The lowest BCUT2D eigenvalue weighted by Gasteiger charge is -2.09. The minimum Gasteiger partial charge on any atom is -0.508 e. The van der Waals surface area contributed by atoms with Gasteiger partial charge in [0.1, 0.15) is 5.75 Å². The number of aromatic hydroxyl groups is 1. The van der Waals surface area contributed by atoms with Crippen molar-refractivity contribution >= 4 is 11.6 Å². The van der Waals surface area contributed by atoms with Crippen LogP contribution in [-0.4, -0.2) is 17.2 Å². The van der Waals surface area contributed by atoms with Crippen molar-refractivity contribution in [3.05, 3.63) is 23.8 Å². The molecule has 18 heavy (non-hydrogen) atoms. The lowest BCUT2D eigenvalue weighted by Crippen LogP contribution is -2.24. The number of benzene rings is 1. The highest BCUT2D eigenvalue weighted by Gasteiger charge is 2.27. The van der Waals surface area contributed by atoms with Gasteiger partial charge in [0.15, 0.2) is 0 Å². The van der Waals surface area contributed by atoms with Crippen LogP contribution in [0, 0.1) is 0 Å². The van der Waals surface area contributed by atoms with Crippen molar-refractivity contribution in [3.63, 3.8) is 0 Å². The van der Waals surface area contributed by atoms with E-state index < -0.39 is 24.9 Å². The fourth-order valence-electron chi connectivity index (χ4n) is 1.28. The Bertz CT molecular complexity index is 433. The summed E-state index contributed by atoms with van der Waals surface area (Å²) in [6.45, 7) is -0.0619. The Labute approximate surface area is 102 Å². The van der Waals surface area contributed by atoms with Gasteiger partial charge in [0.05, 0.1) is 6.42 Å². The molecule has 0 heterocycles. The number of carbonyl (C=O) groups excluding carboxylic acids is 1. The normalized spacial score (nSPS) is 11.3. The smallest absolute Gasteiger partial charge is 0.389 e. The summed E-state index contributed by atoms with van der Waals surface area (Å²) >= 11 is 0. The van der Waals surface area contributed by atoms with Crippen molar-refractivity contribution < 1.29 is 23.1 Å². The molecular weight excluding hydrogens is 249 g/mol. The monoisotopic (exact) mass is 262 g/mol. The summed E-state index contributed by atoms with van der Waals surface area (Å²) < 4.78 is 35.6. The van der Waals surface area contributed by atoms with Gasteiger partial charge in [0.2, 0.25) is 5.91 Å². The van der Waals surface area contributed by atoms with Crippen LogP contribution in [0.15, 0.2) is 18.2 Å². The van der Waals surface area contributed by atoms with E-state index in [1.165, 1.54) is 18.2 Å². The number of anilines is 1. The average Bonchev–Trinajstić information content (AvgIpc) is 2.26. The second kappa shape index (κ2) is 5.61. The maximum atomic E-state index is 11.9. The zero-order valence-corrected chi connectivity index (χ0v) is 9.42. The van der Waals surface area contributed by atoms with Gasteiger partial charge in [-0.25, -0.2) is 0 Å². The van der Waals surface area contributed by atoms with Crippen LogP contribution in [0.2, 0.25) is 0 Å². The quantitative estimate of drug-likeness (QED) is 0.573. The van der Waals surface area contributed by atoms with E-state index in [9.17, 15) is 23.1 Å². The highest BCUT2D eigenvalue weighted by atomic mass is 19.4. The lowest BCUT2D eigenvalue weighted by molar-refractivity contribution is -0.144. The number of carbonyl (C=O) groups is 1. The minimum atomic E-state index is -4.35. The Morgan fingerprint density at radius 2 is 2.06 bits per heavy atom. The number of nitrogens with one attached hydrogen (secondary N) is 1. The second-order valence-corrected chi connectivity index (χ2v) is 3.78. The molecule has 0 aromatic heterocycles. The van der Waals surface area contributed by atoms with Gasteiger partial charge in [0.25, 0.3) is 0 Å². The number of hydrogen-bond donors (Lipinski definition) is 3. The number of amides is 1. The van der Waals surface area contributed by atoms with Gasteiger partial charge in [-0.2, -0.15) is 13.2 Å². The van der Waals surface area contributed by atoms with Gasteiger partial charge in [-0.3, -0.25) is 4.79 Å². The largest absolute Gasteiger partial charge is 0.508 e. The summed E-state index contributed by atoms with van der Waals surface area (Å²) in [5.41, 5.74) is 6.23. The third kappa shape index (κ3) is 4.94. The van der Waals surface area contributed by atoms with Crippen molar-refractivity contribution in [1.29, 1.82) is 0 Å². The zero-order valence-electron chi connectivity index (χ0n) is 9.42. The number of hydrogen-bond acceptors (Lipinski definition) is 3. The van der Waals surface area contributed by atoms with Gasteiger partial charge < -0.3 is 16.2 Å². The van der Waals surface area contributed by atoms with Gasteiger partial charge >= 0.3 is 6.18 Å². The molecule has 1 aromatic carbocycles. The molecule has 4 nitrogen and oxygen atoms in total. The fourth-order valence-corrected chi connectivity index (χ4v) is 1.28. The number of phenolic OH excluding ortho intramolecular Hbond substituents is 1. The summed E-state index contributed by atoms with van der Waals surface area (Å²) in [5, 5.41) is 11.7. The first-order valence-electron chi connectivity index (χ1n) is 5.19. The maximum Gasteiger partial charge on any atom is 0.389 e. The van der Waals surface area contributed by atoms with Crippen LogP contribution in [0.4, 0.5) is 18.9 Å². The Morgan fingerprint density at radius 3 is 2.67 bits per heavy atom. The van der Waals surface area contributed by atoms with E-state index in [1.807, 2.05) is 0 Å². The molecule has 0 aliphatic heterocycles. The molecule has 0 radical (unpaired) electrons. The van der Waals surface area contributed by atoms with E-state index in [-0.39, 0.29) is 12.3 Å². The van der Waals surface area contributed by atoms with E-state index in [2.05, 4.69) is 5.32 Å². The van der Waals surface area contributed by atoms with E-state index >= 15 is 0 Å². The first-order chi connectivity index (χ1) is 8.28. The van der Waals surface area contributed by atoms with Crippen LogP contribution >= 0.6 is 0 Å². The molecule has 0 saturated heterocycles. The maximum absolute atomic E-state index is 11.9. The summed E-state index contributed by atoms with van der Waals surface area (Å²) in [6.07, 6.45) is -6.15. The standard InChI is InChI=1S/C11H13F3N2O2/c12-11(13,14)4-3-10(18)16-6-7-5-8(15)1-2-9(7)17/h1-2,5,17H,3-4,6,15H2,(H,16,18). The summed E-state index contributed by atoms with van der Waals surface area (Å²) in [4.78, 5) is 11.1. The Balaban J connectivity index is 2.45. The summed E-state index contributed by atoms with van der Waals surface area (Å²) in [7, 11) is 0. The van der Waals surface area contributed by atoms with Crippen LogP contribution in [0.25, 0.3) is 0 Å². The van der Waals surface area contributed by atoms with Crippen LogP contribution in [-0.2, 0) is 11.3 Å². The predicted octanol–water partition coefficient (Wildman–Crippen LogP) is 1.93. The van der Waals surface area contributed by atoms with Crippen molar-refractivity contribution in [2.24, 2.45) is 0 Å². The average molecular weight is 262 g/mol. The van der Waals surface area contributed by atoms with Gasteiger partial charge in [-0.15, -0.1) is 0 Å². The third-order valence-electron chi connectivity index (χ3n) is 2.22. The number of halogens is 3. The van der Waals surface area contributed by atoms with Crippen molar-refractivity contribution in [2.45, 2.75) is 25.6 Å². The molecule has 100 valence electrons. The number of phenols is 1. The number of rotatable bonds is 4. The Hall–Kier alpha value is -1.92. The zero-order chi connectivity index (χ0) is 13.8. The summed E-state index contributed by atoms with van der Waals surface area (Å²) in [5.74, 6) is -0.797. The topological polar surface area (TPSA) is 75.3 Å².